The molecule has 0 amide bonds. The number of nitrogens with zero attached hydrogens (tertiary/aromatic N) is 4. The van der Waals surface area contributed by atoms with Gasteiger partial charge in [-0.1, -0.05) is 0 Å². The van der Waals surface area contributed by atoms with Crippen LogP contribution in [-0.4, -0.2) is 82.7 Å². The highest BCUT2D eigenvalue weighted by molar-refractivity contribution is 5.25. The maximum absolute atomic E-state index is 5.48. The van der Waals surface area contributed by atoms with E-state index in [9.17, 15) is 0 Å². The molecular weight excluding hydrogens is 372 g/mol. The predicted molar refractivity (Wildman–Crippen MR) is 123 cm³/mol. The van der Waals surface area contributed by atoms with Gasteiger partial charge in [0, 0.05) is 43.5 Å². The van der Waals surface area contributed by atoms with Gasteiger partial charge in [-0.05, 0) is 84.5 Å². The number of piperidine rings is 1. The summed E-state index contributed by atoms with van der Waals surface area (Å²) in [5.74, 6) is 0.613. The summed E-state index contributed by atoms with van der Waals surface area (Å²) in [6.45, 7) is 21.5. The Balaban J connectivity index is 1.57. The van der Waals surface area contributed by atoms with E-state index in [-0.39, 0.29) is 11.1 Å². The number of ether oxygens (including phenoxy) is 1. The molecule has 2 unspecified atom stereocenters. The highest BCUT2D eigenvalue weighted by atomic mass is 16.5. The third-order valence-electron chi connectivity index (χ3n) is 7.40. The summed E-state index contributed by atoms with van der Waals surface area (Å²) in [5.41, 5.74) is 3.11. The van der Waals surface area contributed by atoms with Gasteiger partial charge in [-0.25, -0.2) is 0 Å². The highest BCUT2D eigenvalue weighted by Crippen LogP contribution is 2.35. The molecule has 3 saturated heterocycles. The van der Waals surface area contributed by atoms with Crippen molar-refractivity contribution in [3.63, 3.8) is 0 Å². The van der Waals surface area contributed by atoms with Crippen molar-refractivity contribution >= 4 is 0 Å². The molecule has 3 fully saturated rings. The minimum Gasteiger partial charge on any atom is -0.378 e. The Bertz CT molecular complexity index is 719. The van der Waals surface area contributed by atoms with Gasteiger partial charge in [-0.2, -0.15) is 0 Å². The standard InChI is InChI=1S/C25H42N4O/c1-24(2,3)28-11-7-8-20(15-28)19-9-10-26-22(14-19)23-16-27(21-17-30-18-21)12-13-29(23)25(4,5)6/h9-10,14,20-21,23H,7-8,11-13,15-18H2,1-6H3. The molecule has 4 heterocycles. The van der Waals surface area contributed by atoms with Crippen molar-refractivity contribution in [2.75, 3.05) is 45.9 Å². The van der Waals surface area contributed by atoms with Crippen LogP contribution in [0.25, 0.3) is 0 Å². The van der Waals surface area contributed by atoms with E-state index in [1.807, 2.05) is 0 Å². The van der Waals surface area contributed by atoms with Crippen LogP contribution >= 0.6 is 0 Å². The van der Waals surface area contributed by atoms with Gasteiger partial charge in [0.1, 0.15) is 0 Å². The molecule has 4 rings (SSSR count). The third kappa shape index (κ3) is 4.74. The van der Waals surface area contributed by atoms with Gasteiger partial charge in [0.25, 0.3) is 0 Å². The number of piperazine rings is 1. The summed E-state index contributed by atoms with van der Waals surface area (Å²) in [6, 6.07) is 5.64. The quantitative estimate of drug-likeness (QED) is 0.749. The maximum atomic E-state index is 5.48. The van der Waals surface area contributed by atoms with E-state index in [0.717, 1.165) is 39.4 Å². The van der Waals surface area contributed by atoms with Crippen molar-refractivity contribution in [1.82, 2.24) is 19.7 Å². The topological polar surface area (TPSA) is 31.8 Å². The first-order chi connectivity index (χ1) is 14.1. The first kappa shape index (κ1) is 22.2. The molecule has 0 bridgehead atoms. The van der Waals surface area contributed by atoms with Gasteiger partial charge < -0.3 is 4.74 Å². The van der Waals surface area contributed by atoms with Crippen LogP contribution in [0.2, 0.25) is 0 Å². The number of pyridine rings is 1. The fourth-order valence-corrected chi connectivity index (χ4v) is 5.39. The largest absolute Gasteiger partial charge is 0.378 e. The fourth-order valence-electron chi connectivity index (χ4n) is 5.39. The second-order valence-corrected chi connectivity index (χ2v) is 11.5. The molecule has 2 atom stereocenters. The summed E-state index contributed by atoms with van der Waals surface area (Å²) < 4.78 is 5.48. The lowest BCUT2D eigenvalue weighted by molar-refractivity contribution is -0.0975. The molecule has 0 N–H and O–H groups in total. The normalized spacial score (nSPS) is 28.5. The van der Waals surface area contributed by atoms with Crippen LogP contribution in [-0.2, 0) is 4.74 Å². The molecule has 0 radical (unpaired) electrons. The lowest BCUT2D eigenvalue weighted by atomic mass is 9.87. The Kier molecular flexibility index (Phi) is 6.28. The SMILES string of the molecule is CC(C)(C)N1CCCC(c2ccnc(C3CN(C4COC4)CCN3C(C)(C)C)c2)C1. The number of hydrogen-bond donors (Lipinski definition) is 0. The fraction of sp³-hybridized carbons (Fsp3) is 0.800. The van der Waals surface area contributed by atoms with Crippen molar-refractivity contribution < 1.29 is 4.74 Å². The van der Waals surface area contributed by atoms with E-state index < -0.39 is 0 Å². The van der Waals surface area contributed by atoms with Crippen molar-refractivity contribution in [2.45, 2.75) is 83.5 Å². The summed E-state index contributed by atoms with van der Waals surface area (Å²) in [7, 11) is 0. The molecule has 3 aliphatic rings. The summed E-state index contributed by atoms with van der Waals surface area (Å²) in [4.78, 5) is 12.9. The van der Waals surface area contributed by atoms with E-state index in [4.69, 9.17) is 9.72 Å². The second-order valence-electron chi connectivity index (χ2n) is 11.5. The van der Waals surface area contributed by atoms with Crippen LogP contribution in [0.15, 0.2) is 18.3 Å². The van der Waals surface area contributed by atoms with Gasteiger partial charge in [-0.15, -0.1) is 0 Å². The Morgan fingerprint density at radius 3 is 2.37 bits per heavy atom. The molecule has 0 aromatic carbocycles. The highest BCUT2D eigenvalue weighted by Gasteiger charge is 2.39. The van der Waals surface area contributed by atoms with Gasteiger partial charge in [0.15, 0.2) is 0 Å². The van der Waals surface area contributed by atoms with Crippen LogP contribution < -0.4 is 0 Å². The van der Waals surface area contributed by atoms with Gasteiger partial charge in [-0.3, -0.25) is 19.7 Å². The molecule has 3 aliphatic heterocycles. The lowest BCUT2D eigenvalue weighted by Gasteiger charge is -2.50. The predicted octanol–water partition coefficient (Wildman–Crippen LogP) is 3.92. The van der Waals surface area contributed by atoms with E-state index in [1.54, 1.807) is 0 Å². The molecule has 30 heavy (non-hydrogen) atoms. The lowest BCUT2D eigenvalue weighted by Crippen LogP contribution is -2.60. The van der Waals surface area contributed by atoms with Crippen molar-refractivity contribution in [3.8, 4) is 0 Å². The van der Waals surface area contributed by atoms with Crippen LogP contribution in [0.4, 0.5) is 0 Å². The van der Waals surface area contributed by atoms with Crippen LogP contribution in [0, 0.1) is 0 Å². The van der Waals surface area contributed by atoms with E-state index >= 15 is 0 Å². The van der Waals surface area contributed by atoms with Crippen molar-refractivity contribution in [2.24, 2.45) is 0 Å². The van der Waals surface area contributed by atoms with Gasteiger partial charge in [0.2, 0.25) is 0 Å². The molecular formula is C25H42N4O. The van der Waals surface area contributed by atoms with Crippen LogP contribution in [0.3, 0.4) is 0 Å². The zero-order chi connectivity index (χ0) is 21.5. The molecule has 0 aliphatic carbocycles. The minimum atomic E-state index is 0.137. The zero-order valence-corrected chi connectivity index (χ0v) is 20.0. The Labute approximate surface area is 183 Å². The molecule has 5 heteroatoms. The zero-order valence-electron chi connectivity index (χ0n) is 20.0. The molecule has 1 aromatic rings. The van der Waals surface area contributed by atoms with Crippen molar-refractivity contribution in [1.29, 1.82) is 0 Å². The molecule has 0 saturated carbocycles. The summed E-state index contributed by atoms with van der Waals surface area (Å²) >= 11 is 0. The number of hydrogen-bond acceptors (Lipinski definition) is 5. The molecule has 5 nitrogen and oxygen atoms in total. The molecule has 168 valence electrons. The van der Waals surface area contributed by atoms with Gasteiger partial charge >= 0.3 is 0 Å². The first-order valence-corrected chi connectivity index (χ1v) is 11.9. The number of likely N-dealkylation sites (tertiary alicyclic amines) is 1. The Morgan fingerprint density at radius 1 is 0.967 bits per heavy atom. The van der Waals surface area contributed by atoms with E-state index in [2.05, 4.69) is 74.6 Å². The average molecular weight is 415 g/mol. The molecule has 1 aromatic heterocycles. The number of rotatable bonds is 3. The molecule has 0 spiro atoms. The van der Waals surface area contributed by atoms with Crippen LogP contribution in [0.5, 0.6) is 0 Å². The monoisotopic (exact) mass is 414 g/mol. The summed E-state index contributed by atoms with van der Waals surface area (Å²) in [5, 5.41) is 0. The Hall–Kier alpha value is -1.01. The third-order valence-corrected chi connectivity index (χ3v) is 7.40. The van der Waals surface area contributed by atoms with Crippen molar-refractivity contribution in [3.05, 3.63) is 29.6 Å². The number of aromatic nitrogens is 1. The smallest absolute Gasteiger partial charge is 0.0654 e. The minimum absolute atomic E-state index is 0.137. The summed E-state index contributed by atoms with van der Waals surface area (Å²) in [6.07, 6.45) is 4.63. The van der Waals surface area contributed by atoms with E-state index in [1.165, 1.54) is 30.6 Å². The Morgan fingerprint density at radius 2 is 1.73 bits per heavy atom. The van der Waals surface area contributed by atoms with Crippen LogP contribution in [0.1, 0.15) is 77.6 Å². The first-order valence-electron chi connectivity index (χ1n) is 11.9. The second kappa shape index (κ2) is 8.50. The average Bonchev–Trinajstić information content (AvgIpc) is 2.65. The van der Waals surface area contributed by atoms with Gasteiger partial charge in [0.05, 0.1) is 31.0 Å². The maximum Gasteiger partial charge on any atom is 0.0654 e. The van der Waals surface area contributed by atoms with E-state index in [0.29, 0.717) is 18.0 Å².